The van der Waals surface area contributed by atoms with Gasteiger partial charge in [-0.15, -0.1) is 0 Å². The van der Waals surface area contributed by atoms with Crippen LogP contribution in [0.2, 0.25) is 0 Å². The Morgan fingerprint density at radius 2 is 1.95 bits per heavy atom. The van der Waals surface area contributed by atoms with Crippen LogP contribution < -0.4 is 11.3 Å². The average molecular weight is 353 g/mol. The molecule has 1 aromatic heterocycles. The van der Waals surface area contributed by atoms with E-state index >= 15 is 0 Å². The van der Waals surface area contributed by atoms with Crippen LogP contribution in [0.3, 0.4) is 0 Å². The summed E-state index contributed by atoms with van der Waals surface area (Å²) in [5, 5.41) is 0.642. The van der Waals surface area contributed by atoms with Gasteiger partial charge in [-0.2, -0.15) is 0 Å². The third-order valence-corrected chi connectivity index (χ3v) is 3.93. The lowest BCUT2D eigenvalue weighted by molar-refractivity contribution is 0.463. The van der Waals surface area contributed by atoms with Gasteiger partial charge >= 0.3 is 0 Å². The standard InChI is InChI=1S/C15H11BrF2N2O/c16-11-7-9(17)4-5-10(11)14(20-19)13-6-8-2-1-3-12(18)15(8)21-13/h1-7,14,20H,19H2. The number of hydrazine groups is 1. The van der Waals surface area contributed by atoms with Crippen molar-refractivity contribution in [1.29, 1.82) is 0 Å². The molecule has 0 aliphatic carbocycles. The predicted molar refractivity (Wildman–Crippen MR) is 79.4 cm³/mol. The summed E-state index contributed by atoms with van der Waals surface area (Å²) in [4.78, 5) is 0. The lowest BCUT2D eigenvalue weighted by atomic mass is 10.0. The number of nitrogens with one attached hydrogen (secondary N) is 1. The number of nitrogens with two attached hydrogens (primary N) is 1. The Bertz CT molecular complexity index is 803. The number of fused-ring (bicyclic) bond motifs is 1. The molecule has 0 saturated heterocycles. The van der Waals surface area contributed by atoms with E-state index in [2.05, 4.69) is 21.4 Å². The monoisotopic (exact) mass is 352 g/mol. The molecule has 3 nitrogen and oxygen atoms in total. The van der Waals surface area contributed by atoms with Crippen molar-refractivity contribution < 1.29 is 13.2 Å². The van der Waals surface area contributed by atoms with Gasteiger partial charge in [-0.1, -0.05) is 34.1 Å². The Kier molecular flexibility index (Phi) is 3.75. The third-order valence-electron chi connectivity index (χ3n) is 3.24. The Hall–Kier alpha value is -1.76. The summed E-state index contributed by atoms with van der Waals surface area (Å²) in [6.45, 7) is 0. The number of rotatable bonds is 3. The molecule has 0 bridgehead atoms. The van der Waals surface area contributed by atoms with Crippen LogP contribution in [-0.2, 0) is 0 Å². The Balaban J connectivity index is 2.11. The highest BCUT2D eigenvalue weighted by Gasteiger charge is 2.20. The zero-order chi connectivity index (χ0) is 15.0. The molecule has 3 N–H and O–H groups in total. The molecule has 1 unspecified atom stereocenters. The molecule has 0 fully saturated rings. The van der Waals surface area contributed by atoms with E-state index in [1.807, 2.05) is 0 Å². The second-order valence-electron chi connectivity index (χ2n) is 4.57. The lowest BCUT2D eigenvalue weighted by Crippen LogP contribution is -2.28. The van der Waals surface area contributed by atoms with E-state index in [9.17, 15) is 8.78 Å². The minimum atomic E-state index is -0.522. The molecule has 0 aliphatic rings. The van der Waals surface area contributed by atoms with Crippen LogP contribution in [0.1, 0.15) is 17.4 Å². The van der Waals surface area contributed by atoms with Crippen molar-refractivity contribution in [2.75, 3.05) is 0 Å². The van der Waals surface area contributed by atoms with Gasteiger partial charge in [0.1, 0.15) is 17.6 Å². The minimum absolute atomic E-state index is 0.172. The summed E-state index contributed by atoms with van der Waals surface area (Å²) < 4.78 is 33.0. The van der Waals surface area contributed by atoms with E-state index in [4.69, 9.17) is 10.3 Å². The van der Waals surface area contributed by atoms with Crippen molar-refractivity contribution in [1.82, 2.24) is 5.43 Å². The maximum absolute atomic E-state index is 13.7. The summed E-state index contributed by atoms with van der Waals surface area (Å²) in [5.41, 5.74) is 3.47. The minimum Gasteiger partial charge on any atom is -0.456 e. The largest absolute Gasteiger partial charge is 0.456 e. The molecule has 21 heavy (non-hydrogen) atoms. The number of hydrogen-bond donors (Lipinski definition) is 2. The second-order valence-corrected chi connectivity index (χ2v) is 5.43. The van der Waals surface area contributed by atoms with Crippen molar-refractivity contribution in [2.24, 2.45) is 5.84 Å². The van der Waals surface area contributed by atoms with Crippen LogP contribution in [0.25, 0.3) is 11.0 Å². The molecule has 2 aromatic carbocycles. The zero-order valence-corrected chi connectivity index (χ0v) is 12.3. The Labute approximate surface area is 127 Å². The number of furan rings is 1. The molecule has 6 heteroatoms. The summed E-state index contributed by atoms with van der Waals surface area (Å²) in [6, 6.07) is 10.1. The van der Waals surface area contributed by atoms with Crippen molar-refractivity contribution in [3.8, 4) is 0 Å². The van der Waals surface area contributed by atoms with Crippen LogP contribution in [0.5, 0.6) is 0 Å². The van der Waals surface area contributed by atoms with E-state index in [-0.39, 0.29) is 11.4 Å². The molecule has 108 valence electrons. The van der Waals surface area contributed by atoms with Gasteiger partial charge in [0.25, 0.3) is 0 Å². The highest BCUT2D eigenvalue weighted by molar-refractivity contribution is 9.10. The molecule has 3 aromatic rings. The first-order valence-corrected chi connectivity index (χ1v) is 6.98. The van der Waals surface area contributed by atoms with E-state index in [0.717, 1.165) is 0 Å². The fourth-order valence-electron chi connectivity index (χ4n) is 2.25. The van der Waals surface area contributed by atoms with E-state index in [1.54, 1.807) is 24.3 Å². The average Bonchev–Trinajstić information content (AvgIpc) is 2.87. The van der Waals surface area contributed by atoms with E-state index < -0.39 is 11.9 Å². The molecule has 3 rings (SSSR count). The number of halogens is 3. The van der Waals surface area contributed by atoms with Crippen LogP contribution in [-0.4, -0.2) is 0 Å². The highest BCUT2D eigenvalue weighted by atomic mass is 79.9. The predicted octanol–water partition coefficient (Wildman–Crippen LogP) is 4.03. The topological polar surface area (TPSA) is 51.2 Å². The van der Waals surface area contributed by atoms with Gasteiger partial charge < -0.3 is 4.42 Å². The van der Waals surface area contributed by atoms with Crippen LogP contribution in [0, 0.1) is 11.6 Å². The van der Waals surface area contributed by atoms with Crippen molar-refractivity contribution in [3.05, 3.63) is 69.9 Å². The van der Waals surface area contributed by atoms with Gasteiger partial charge in [0.15, 0.2) is 11.4 Å². The van der Waals surface area contributed by atoms with Crippen molar-refractivity contribution in [3.63, 3.8) is 0 Å². The fraction of sp³-hybridized carbons (Fsp3) is 0.0667. The molecular formula is C15H11BrF2N2O. The molecular weight excluding hydrogens is 342 g/mol. The number of hydrogen-bond acceptors (Lipinski definition) is 3. The van der Waals surface area contributed by atoms with E-state index in [1.165, 1.54) is 18.2 Å². The lowest BCUT2D eigenvalue weighted by Gasteiger charge is -2.15. The smallest absolute Gasteiger partial charge is 0.169 e. The summed E-state index contributed by atoms with van der Waals surface area (Å²) in [7, 11) is 0. The summed E-state index contributed by atoms with van der Waals surface area (Å²) in [5.74, 6) is 5.23. The van der Waals surface area contributed by atoms with Gasteiger partial charge in [-0.3, -0.25) is 5.84 Å². The van der Waals surface area contributed by atoms with E-state index in [0.29, 0.717) is 21.2 Å². The maximum Gasteiger partial charge on any atom is 0.169 e. The van der Waals surface area contributed by atoms with Gasteiger partial charge in [-0.05, 0) is 29.8 Å². The molecule has 0 amide bonds. The van der Waals surface area contributed by atoms with Gasteiger partial charge in [-0.25, -0.2) is 14.2 Å². The number of benzene rings is 2. The molecule has 1 heterocycles. The van der Waals surface area contributed by atoms with Crippen molar-refractivity contribution >= 4 is 26.9 Å². The fourth-order valence-corrected chi connectivity index (χ4v) is 2.83. The SMILES string of the molecule is NNC(c1cc2cccc(F)c2o1)c1ccc(F)cc1Br. The third kappa shape index (κ3) is 2.57. The van der Waals surface area contributed by atoms with Gasteiger partial charge in [0.05, 0.1) is 0 Å². The first-order chi connectivity index (χ1) is 10.1. The normalized spacial score (nSPS) is 12.8. The molecule has 0 radical (unpaired) electrons. The highest BCUT2D eigenvalue weighted by Crippen LogP contribution is 2.32. The number of para-hydroxylation sites is 1. The van der Waals surface area contributed by atoms with Crippen LogP contribution in [0.4, 0.5) is 8.78 Å². The van der Waals surface area contributed by atoms with Crippen molar-refractivity contribution in [2.45, 2.75) is 6.04 Å². The van der Waals surface area contributed by atoms with Gasteiger partial charge in [0, 0.05) is 9.86 Å². The second kappa shape index (κ2) is 5.55. The first-order valence-electron chi connectivity index (χ1n) is 6.19. The molecule has 1 atom stereocenters. The molecule has 0 spiro atoms. The molecule has 0 saturated carbocycles. The maximum atomic E-state index is 13.7. The zero-order valence-electron chi connectivity index (χ0n) is 10.7. The quantitative estimate of drug-likeness (QED) is 0.552. The van der Waals surface area contributed by atoms with Crippen LogP contribution >= 0.6 is 15.9 Å². The summed E-state index contributed by atoms with van der Waals surface area (Å²) >= 11 is 3.29. The Morgan fingerprint density at radius 3 is 2.62 bits per heavy atom. The first kappa shape index (κ1) is 14.2. The molecule has 0 aliphatic heterocycles. The van der Waals surface area contributed by atoms with Gasteiger partial charge in [0.2, 0.25) is 0 Å². The Morgan fingerprint density at radius 1 is 1.14 bits per heavy atom. The van der Waals surface area contributed by atoms with Crippen LogP contribution in [0.15, 0.2) is 51.4 Å². The summed E-state index contributed by atoms with van der Waals surface area (Å²) in [6.07, 6.45) is 0.